The molecule has 1 aromatic heterocycles. The van der Waals surface area contributed by atoms with E-state index in [0.29, 0.717) is 54.4 Å². The molecule has 0 aliphatic carbocycles. The van der Waals surface area contributed by atoms with Crippen LogP contribution in [-0.2, 0) is 80.0 Å². The minimum absolute atomic E-state index is 0.00769. The van der Waals surface area contributed by atoms with Gasteiger partial charge in [0.05, 0.1) is 12.6 Å². The van der Waals surface area contributed by atoms with E-state index in [1.165, 1.54) is 79.7 Å². The number of rotatable bonds is 39. The minimum Gasteiger partial charge on any atom is -0.508 e. The maximum Gasteiger partial charge on any atom is 0.326 e. The highest BCUT2D eigenvalue weighted by Gasteiger charge is 2.35. The number of carbonyl (C=O) groups is 10. The smallest absolute Gasteiger partial charge is 0.326 e. The Morgan fingerprint density at radius 1 is 0.443 bits per heavy atom. The first-order valence-electron chi connectivity index (χ1n) is 32.5. The van der Waals surface area contributed by atoms with E-state index in [4.69, 9.17) is 17.2 Å². The standard InChI is InChI=1S/C70H91N13O14/c1-4-41(2)61(69(95)82-59(70(96)97)37-46-24-30-50(86)31-25-46)83-62(88)42(3)76-65(91)54(18-10-12-32-71)77-60(87)40-75-64(90)56(35-44-20-26-48(84)27-21-44)80-68(94)58(36-45-22-28-49(85)29-23-45)81-66(92)55(19-11-13-33-72)78-67(93)57(34-43-14-6-5-7-15-43)79-63(89)52(73)38-47-39-74-53-17-9-8-16-51(47)53/h5-9,14-17,20-31,39,41-42,52,54-59,61,74,84-86H,4,10-13,18-19,32-38,40,71-73H2,1-3H3,(H,75,90)(H,76,91)(H,77,87)(H,78,93)(H,79,89)(H,80,94)(H,81,92)(H,82,95)(H,83,88)(H,96,97)/t41-,42-,52-,54-,55-,56-,57-,58-,59-,61-/m0/s1. The molecule has 0 unspecified atom stereocenters. The maximum atomic E-state index is 14.8. The molecule has 0 aliphatic heterocycles. The average Bonchev–Trinajstić information content (AvgIpc) is 1.81. The molecule has 0 bridgehead atoms. The van der Waals surface area contributed by atoms with Gasteiger partial charge < -0.3 is 90.5 Å². The number of fused-ring (bicyclic) bond motifs is 1. The Hall–Kier alpha value is -10.4. The second-order valence-corrected chi connectivity index (χ2v) is 24.1. The Balaban J connectivity index is 1.17. The minimum atomic E-state index is -1.48. The molecule has 0 fully saturated rings. The SMILES string of the molecule is CC[C@H](C)[C@H](NC(=O)[C@H](C)NC(=O)[C@H](CCCCN)NC(=O)CNC(=O)[C@H](Cc1ccc(O)cc1)NC(=O)[C@H](Cc1ccc(O)cc1)NC(=O)[C@H](CCCCN)NC(=O)[C@H](Cc1ccccc1)NC(=O)[C@@H](N)Cc1c[nH]c2ccccc12)C(=O)N[C@@H](Cc1ccc(O)cc1)C(=O)O. The van der Waals surface area contributed by atoms with Crippen molar-refractivity contribution in [2.45, 2.75) is 152 Å². The first-order chi connectivity index (χ1) is 46.4. The van der Waals surface area contributed by atoms with E-state index < -0.39 is 126 Å². The van der Waals surface area contributed by atoms with Crippen LogP contribution in [0.3, 0.4) is 0 Å². The van der Waals surface area contributed by atoms with Crippen LogP contribution in [0.4, 0.5) is 0 Å². The molecule has 20 N–H and O–H groups in total. The molecule has 9 amide bonds. The van der Waals surface area contributed by atoms with E-state index in [0.717, 1.165) is 16.5 Å². The van der Waals surface area contributed by atoms with Crippen molar-refractivity contribution in [3.63, 3.8) is 0 Å². The molecule has 0 spiro atoms. The number of aromatic nitrogens is 1. The molecule has 0 saturated carbocycles. The summed E-state index contributed by atoms with van der Waals surface area (Å²) < 4.78 is 0. The van der Waals surface area contributed by atoms with Crippen molar-refractivity contribution in [3.8, 4) is 17.2 Å². The molecule has 520 valence electrons. The van der Waals surface area contributed by atoms with Crippen LogP contribution in [0.5, 0.6) is 17.2 Å². The van der Waals surface area contributed by atoms with Crippen LogP contribution in [0.2, 0.25) is 0 Å². The molecule has 27 heteroatoms. The Morgan fingerprint density at radius 2 is 0.866 bits per heavy atom. The second kappa shape index (κ2) is 38.2. The van der Waals surface area contributed by atoms with E-state index in [1.54, 1.807) is 50.4 Å². The summed E-state index contributed by atoms with van der Waals surface area (Å²) in [4.78, 5) is 143. The third-order valence-corrected chi connectivity index (χ3v) is 16.5. The number of amides is 9. The first-order valence-corrected chi connectivity index (χ1v) is 32.5. The summed E-state index contributed by atoms with van der Waals surface area (Å²) in [5, 5.41) is 64.7. The van der Waals surface area contributed by atoms with Gasteiger partial charge in [0.1, 0.15) is 65.6 Å². The third kappa shape index (κ3) is 24.4. The number of nitrogens with one attached hydrogen (secondary N) is 10. The molecular weight excluding hydrogens is 1250 g/mol. The fraction of sp³-hybridized carbons (Fsp3) is 0.400. The zero-order valence-corrected chi connectivity index (χ0v) is 54.7. The molecule has 97 heavy (non-hydrogen) atoms. The Labute approximate surface area is 562 Å². The molecule has 0 radical (unpaired) electrons. The lowest BCUT2D eigenvalue weighted by molar-refractivity contribution is -0.142. The summed E-state index contributed by atoms with van der Waals surface area (Å²) in [5.74, 6) is -9.27. The topological polar surface area (TPSA) is 454 Å². The van der Waals surface area contributed by atoms with Gasteiger partial charge in [-0.1, -0.05) is 105 Å². The quantitative estimate of drug-likeness (QED) is 0.0243. The van der Waals surface area contributed by atoms with Crippen molar-refractivity contribution >= 4 is 70.0 Å². The van der Waals surface area contributed by atoms with Crippen LogP contribution >= 0.6 is 0 Å². The number of H-pyrrole nitrogens is 1. The van der Waals surface area contributed by atoms with E-state index in [-0.39, 0.29) is 75.3 Å². The van der Waals surface area contributed by atoms with Crippen molar-refractivity contribution in [2.75, 3.05) is 19.6 Å². The molecule has 6 aromatic rings. The number of hydrogen-bond acceptors (Lipinski definition) is 16. The lowest BCUT2D eigenvalue weighted by atomic mass is 9.97. The van der Waals surface area contributed by atoms with Crippen LogP contribution in [0.1, 0.15) is 93.5 Å². The van der Waals surface area contributed by atoms with Crippen LogP contribution < -0.4 is 65.1 Å². The number of aromatic amines is 1. The normalized spacial score (nSPS) is 14.2. The van der Waals surface area contributed by atoms with Gasteiger partial charge in [-0.3, -0.25) is 43.2 Å². The number of para-hydroxylation sites is 1. The summed E-state index contributed by atoms with van der Waals surface area (Å²) in [6.07, 6.45) is 3.38. The predicted octanol–water partition coefficient (Wildman–Crippen LogP) is 1.53. The van der Waals surface area contributed by atoms with Gasteiger partial charge in [-0.05, 0) is 141 Å². The van der Waals surface area contributed by atoms with Gasteiger partial charge in [0.15, 0.2) is 0 Å². The summed E-state index contributed by atoms with van der Waals surface area (Å²) in [5.41, 5.74) is 21.9. The van der Waals surface area contributed by atoms with Crippen molar-refractivity contribution in [3.05, 3.63) is 161 Å². The Morgan fingerprint density at radius 3 is 1.37 bits per heavy atom. The summed E-state index contributed by atoms with van der Waals surface area (Å²) >= 11 is 0. The predicted molar refractivity (Wildman–Crippen MR) is 363 cm³/mol. The van der Waals surface area contributed by atoms with E-state index in [9.17, 15) is 68.4 Å². The molecule has 6 rings (SSSR count). The third-order valence-electron chi connectivity index (χ3n) is 16.5. The largest absolute Gasteiger partial charge is 0.508 e. The summed E-state index contributed by atoms with van der Waals surface area (Å²) in [6.45, 7) is 4.55. The molecule has 0 saturated heterocycles. The number of carbonyl (C=O) groups excluding carboxylic acids is 9. The van der Waals surface area contributed by atoms with Gasteiger partial charge in [0.2, 0.25) is 53.2 Å². The van der Waals surface area contributed by atoms with Gasteiger partial charge in [0, 0.05) is 42.8 Å². The molecule has 10 atom stereocenters. The number of nitrogens with two attached hydrogens (primary N) is 3. The Kier molecular flexibility index (Phi) is 29.8. The highest BCUT2D eigenvalue weighted by molar-refractivity contribution is 5.98. The number of phenolic OH excluding ortho intramolecular Hbond substituents is 3. The van der Waals surface area contributed by atoms with Crippen molar-refractivity contribution in [2.24, 2.45) is 23.1 Å². The molecule has 0 aliphatic rings. The number of hydrogen-bond donors (Lipinski definition) is 17. The van der Waals surface area contributed by atoms with Gasteiger partial charge in [-0.2, -0.15) is 0 Å². The monoisotopic (exact) mass is 1340 g/mol. The zero-order chi connectivity index (χ0) is 70.6. The number of phenols is 3. The van der Waals surface area contributed by atoms with Crippen molar-refractivity contribution < 1.29 is 68.4 Å². The van der Waals surface area contributed by atoms with Crippen LogP contribution in [-0.4, -0.2) is 159 Å². The van der Waals surface area contributed by atoms with E-state index >= 15 is 0 Å². The molecule has 27 nitrogen and oxygen atoms in total. The number of carboxylic acid groups (broad SMARTS) is 1. The lowest BCUT2D eigenvalue weighted by Crippen LogP contribution is -2.60. The number of unbranched alkanes of at least 4 members (excludes halogenated alkanes) is 2. The molecular formula is C70H91N13O14. The number of benzene rings is 5. The van der Waals surface area contributed by atoms with E-state index in [1.807, 2.05) is 24.3 Å². The maximum absolute atomic E-state index is 14.8. The van der Waals surface area contributed by atoms with Gasteiger partial charge in [-0.25, -0.2) is 4.79 Å². The first kappa shape index (κ1) is 75.6. The Bertz CT molecular complexity index is 3590. The highest BCUT2D eigenvalue weighted by atomic mass is 16.4. The number of aromatic hydroxyl groups is 3. The summed E-state index contributed by atoms with van der Waals surface area (Å²) in [7, 11) is 0. The fourth-order valence-electron chi connectivity index (χ4n) is 10.7. The zero-order valence-electron chi connectivity index (χ0n) is 54.7. The number of aliphatic carboxylic acids is 1. The van der Waals surface area contributed by atoms with Crippen LogP contribution in [0.25, 0.3) is 10.9 Å². The lowest BCUT2D eigenvalue weighted by Gasteiger charge is -2.27. The van der Waals surface area contributed by atoms with Gasteiger partial charge in [-0.15, -0.1) is 0 Å². The number of carboxylic acids is 1. The fourth-order valence-corrected chi connectivity index (χ4v) is 10.7. The second-order valence-electron chi connectivity index (χ2n) is 24.1. The highest BCUT2D eigenvalue weighted by Crippen LogP contribution is 2.21. The average molecular weight is 1340 g/mol. The van der Waals surface area contributed by atoms with E-state index in [2.05, 4.69) is 52.8 Å². The van der Waals surface area contributed by atoms with Gasteiger partial charge in [0.25, 0.3) is 0 Å². The summed E-state index contributed by atoms with van der Waals surface area (Å²) in [6, 6.07) is 21.9. The van der Waals surface area contributed by atoms with Gasteiger partial charge >= 0.3 is 5.97 Å². The molecule has 1 heterocycles. The molecule has 5 aromatic carbocycles. The van der Waals surface area contributed by atoms with Crippen molar-refractivity contribution in [1.29, 1.82) is 0 Å². The van der Waals surface area contributed by atoms with Crippen LogP contribution in [0.15, 0.2) is 134 Å². The van der Waals surface area contributed by atoms with Crippen LogP contribution in [0, 0.1) is 5.92 Å². The van der Waals surface area contributed by atoms with Crippen molar-refractivity contribution in [1.82, 2.24) is 52.8 Å².